The lowest BCUT2D eigenvalue weighted by Gasteiger charge is -2.06. The van der Waals surface area contributed by atoms with E-state index in [4.69, 9.17) is 0 Å². The van der Waals surface area contributed by atoms with Gasteiger partial charge >= 0.3 is 5.69 Å². The molecule has 0 aliphatic rings. The Bertz CT molecular complexity index is 791. The summed E-state index contributed by atoms with van der Waals surface area (Å²) in [5.74, 6) is -1.19. The van der Waals surface area contributed by atoms with Gasteiger partial charge in [-0.05, 0) is 34.1 Å². The molecule has 0 radical (unpaired) electrons. The fourth-order valence-corrected chi connectivity index (χ4v) is 4.25. The minimum Gasteiger partial charge on any atom is -0.258 e. The summed E-state index contributed by atoms with van der Waals surface area (Å²) >= 11 is 4.55. The van der Waals surface area contributed by atoms with E-state index >= 15 is 0 Å². The topological polar surface area (TPSA) is 89.3 Å². The van der Waals surface area contributed by atoms with Gasteiger partial charge in [0.05, 0.1) is 4.92 Å². The van der Waals surface area contributed by atoms with Crippen LogP contribution in [-0.4, -0.2) is 13.3 Å². The molecule has 1 aromatic carbocycles. The predicted molar refractivity (Wildman–Crippen MR) is 79.1 cm³/mol. The number of nitro groups is 1. The smallest absolute Gasteiger partial charge is 0.258 e. The van der Waals surface area contributed by atoms with E-state index in [9.17, 15) is 22.9 Å². The van der Waals surface area contributed by atoms with Crippen molar-refractivity contribution in [3.63, 3.8) is 0 Å². The molecule has 0 amide bonds. The molecule has 0 bridgehead atoms. The van der Waals surface area contributed by atoms with Crippen LogP contribution in [0.25, 0.3) is 0 Å². The van der Waals surface area contributed by atoms with Crippen molar-refractivity contribution in [2.24, 2.45) is 0 Å². The number of hydrogen-bond acceptors (Lipinski definition) is 5. The summed E-state index contributed by atoms with van der Waals surface area (Å²) in [7, 11) is -4.19. The van der Waals surface area contributed by atoms with Crippen molar-refractivity contribution in [1.29, 1.82) is 0 Å². The van der Waals surface area contributed by atoms with Gasteiger partial charge in [-0.1, -0.05) is 6.07 Å². The van der Waals surface area contributed by atoms with Crippen LogP contribution in [0.4, 0.5) is 10.1 Å². The molecular weight excluding hydrogens is 387 g/mol. The molecule has 0 spiro atoms. The lowest BCUT2D eigenvalue weighted by Crippen LogP contribution is -2.24. The molecule has 2 rings (SSSR count). The van der Waals surface area contributed by atoms with Gasteiger partial charge in [-0.3, -0.25) is 10.1 Å². The number of benzene rings is 1. The second-order valence-electron chi connectivity index (χ2n) is 3.90. The number of para-hydroxylation sites is 1. The number of sulfonamides is 1. The van der Waals surface area contributed by atoms with Gasteiger partial charge in [0.2, 0.25) is 15.8 Å². The first-order valence-corrected chi connectivity index (χ1v) is 8.62. The van der Waals surface area contributed by atoms with Gasteiger partial charge < -0.3 is 0 Å². The van der Waals surface area contributed by atoms with Gasteiger partial charge in [0, 0.05) is 21.3 Å². The molecule has 0 saturated heterocycles. The molecule has 2 aromatic rings. The molecule has 0 aliphatic carbocycles. The van der Waals surface area contributed by atoms with Crippen molar-refractivity contribution in [2.45, 2.75) is 11.4 Å². The number of halogens is 2. The van der Waals surface area contributed by atoms with Crippen LogP contribution in [0.3, 0.4) is 0 Å². The van der Waals surface area contributed by atoms with Gasteiger partial charge in [-0.25, -0.2) is 13.1 Å². The molecule has 1 aromatic heterocycles. The molecule has 10 heteroatoms. The lowest BCUT2D eigenvalue weighted by atomic mass is 10.3. The third-order valence-electron chi connectivity index (χ3n) is 2.48. The molecule has 0 fully saturated rings. The van der Waals surface area contributed by atoms with Crippen molar-refractivity contribution in [3.8, 4) is 0 Å². The summed E-state index contributed by atoms with van der Waals surface area (Å²) in [6.45, 7) is -0.0354. The summed E-state index contributed by atoms with van der Waals surface area (Å²) in [4.78, 5) is 9.81. The molecule has 0 aliphatic heterocycles. The first kappa shape index (κ1) is 16.0. The average Bonchev–Trinajstić information content (AvgIpc) is 2.82. The maximum atomic E-state index is 13.5. The van der Waals surface area contributed by atoms with E-state index in [-0.39, 0.29) is 6.54 Å². The minimum absolute atomic E-state index is 0.0354. The number of rotatable bonds is 5. The highest BCUT2D eigenvalue weighted by Crippen LogP contribution is 2.27. The Morgan fingerprint density at radius 1 is 1.43 bits per heavy atom. The third-order valence-corrected chi connectivity index (χ3v) is 5.61. The third kappa shape index (κ3) is 3.64. The van der Waals surface area contributed by atoms with E-state index in [1.165, 1.54) is 11.3 Å². The van der Waals surface area contributed by atoms with Gasteiger partial charge in [-0.15, -0.1) is 11.3 Å². The normalized spacial score (nSPS) is 11.5. The van der Waals surface area contributed by atoms with Gasteiger partial charge in [0.25, 0.3) is 0 Å². The zero-order valence-corrected chi connectivity index (χ0v) is 13.5. The zero-order chi connectivity index (χ0) is 15.6. The Kier molecular flexibility index (Phi) is 4.71. The fourth-order valence-electron chi connectivity index (χ4n) is 1.58. The van der Waals surface area contributed by atoms with Crippen LogP contribution < -0.4 is 4.72 Å². The molecule has 1 heterocycles. The van der Waals surface area contributed by atoms with Crippen LogP contribution in [-0.2, 0) is 16.6 Å². The Balaban J connectivity index is 2.32. The fraction of sp³-hybridized carbons (Fsp3) is 0.0909. The highest BCUT2D eigenvalue weighted by atomic mass is 79.9. The van der Waals surface area contributed by atoms with E-state index < -0.39 is 31.3 Å². The lowest BCUT2D eigenvalue weighted by molar-refractivity contribution is -0.390. The predicted octanol–water partition coefficient (Wildman–Crippen LogP) is 3.04. The van der Waals surface area contributed by atoms with Crippen molar-refractivity contribution in [1.82, 2.24) is 4.72 Å². The second kappa shape index (κ2) is 6.18. The molecule has 6 nitrogen and oxygen atoms in total. The Hall–Kier alpha value is -1.36. The quantitative estimate of drug-likeness (QED) is 0.623. The highest BCUT2D eigenvalue weighted by molar-refractivity contribution is 9.10. The average molecular weight is 395 g/mol. The van der Waals surface area contributed by atoms with Crippen LogP contribution in [0.2, 0.25) is 0 Å². The summed E-state index contributed by atoms with van der Waals surface area (Å²) in [5, 5.41) is 12.6. The summed E-state index contributed by atoms with van der Waals surface area (Å²) in [6.07, 6.45) is 0. The van der Waals surface area contributed by atoms with E-state index in [1.807, 2.05) is 0 Å². The number of nitrogens with zero attached hydrogens (tertiary/aromatic N) is 1. The number of nitrogens with one attached hydrogen (secondary N) is 1. The van der Waals surface area contributed by atoms with Gasteiger partial charge in [-0.2, -0.15) is 4.39 Å². The Labute approximate surface area is 131 Å². The van der Waals surface area contributed by atoms with E-state index in [0.29, 0.717) is 4.88 Å². The highest BCUT2D eigenvalue weighted by Gasteiger charge is 2.29. The maximum Gasteiger partial charge on any atom is 0.324 e. The Morgan fingerprint density at radius 2 is 2.14 bits per heavy atom. The molecule has 0 saturated carbocycles. The molecular formula is C11H8BrFN2O4S2. The number of thiophene rings is 1. The molecule has 21 heavy (non-hydrogen) atoms. The summed E-state index contributed by atoms with van der Waals surface area (Å²) in [5.41, 5.74) is -1.06. The maximum absolute atomic E-state index is 13.5. The van der Waals surface area contributed by atoms with E-state index in [1.54, 1.807) is 11.4 Å². The van der Waals surface area contributed by atoms with Crippen LogP contribution in [0.1, 0.15) is 4.88 Å². The SMILES string of the molecule is O=[N+]([O-])c1c(F)cccc1S(=O)(=O)NCc1cc(Br)cs1. The molecule has 0 atom stereocenters. The summed E-state index contributed by atoms with van der Waals surface area (Å²) in [6, 6.07) is 4.66. The van der Waals surface area contributed by atoms with Crippen molar-refractivity contribution in [2.75, 3.05) is 0 Å². The van der Waals surface area contributed by atoms with E-state index in [2.05, 4.69) is 20.7 Å². The van der Waals surface area contributed by atoms with Crippen molar-refractivity contribution < 1.29 is 17.7 Å². The van der Waals surface area contributed by atoms with E-state index in [0.717, 1.165) is 22.7 Å². The standard InChI is InChI=1S/C11H8BrFN2O4S2/c12-7-4-8(20-6-7)5-14-21(18,19)10-3-1-2-9(13)11(10)15(16)17/h1-4,6,14H,5H2. The monoisotopic (exact) mass is 394 g/mol. The van der Waals surface area contributed by atoms with Crippen LogP contribution in [0.15, 0.2) is 39.0 Å². The number of hydrogen-bond donors (Lipinski definition) is 1. The first-order valence-electron chi connectivity index (χ1n) is 5.47. The number of nitro benzene ring substituents is 1. The molecule has 0 unspecified atom stereocenters. The summed E-state index contributed by atoms with van der Waals surface area (Å²) < 4.78 is 40.7. The molecule has 112 valence electrons. The van der Waals surface area contributed by atoms with Crippen molar-refractivity contribution >= 4 is 43.0 Å². The first-order chi connectivity index (χ1) is 9.81. The van der Waals surface area contributed by atoms with Crippen molar-refractivity contribution in [3.05, 3.63) is 54.9 Å². The largest absolute Gasteiger partial charge is 0.324 e. The van der Waals surface area contributed by atoms with Crippen LogP contribution >= 0.6 is 27.3 Å². The van der Waals surface area contributed by atoms with Gasteiger partial charge in [0.1, 0.15) is 0 Å². The zero-order valence-electron chi connectivity index (χ0n) is 10.2. The van der Waals surface area contributed by atoms with Crippen LogP contribution in [0, 0.1) is 15.9 Å². The molecule has 1 N–H and O–H groups in total. The second-order valence-corrected chi connectivity index (χ2v) is 7.55. The minimum atomic E-state index is -4.19. The van der Waals surface area contributed by atoms with Gasteiger partial charge in [0.15, 0.2) is 4.90 Å². The Morgan fingerprint density at radius 3 is 2.71 bits per heavy atom. The van der Waals surface area contributed by atoms with Crippen LogP contribution in [0.5, 0.6) is 0 Å².